The zero-order valence-electron chi connectivity index (χ0n) is 6.07. The minimum absolute atomic E-state index is 0.285. The van der Waals surface area contributed by atoms with E-state index in [4.69, 9.17) is 0 Å². The van der Waals surface area contributed by atoms with Crippen LogP contribution in [0.2, 0.25) is 0 Å². The van der Waals surface area contributed by atoms with Gasteiger partial charge in [-0.3, -0.25) is 0 Å². The fourth-order valence-electron chi connectivity index (χ4n) is 0.474. The smallest absolute Gasteiger partial charge is 0.167 e. The Kier molecular flexibility index (Phi) is 3.47. The molecule has 0 aliphatic heterocycles. The van der Waals surface area contributed by atoms with Crippen molar-refractivity contribution in [2.75, 3.05) is 0 Å². The summed E-state index contributed by atoms with van der Waals surface area (Å²) in [5, 5.41) is 0. The highest BCUT2D eigenvalue weighted by Gasteiger charge is 2.21. The Labute approximate surface area is 58.7 Å². The highest BCUT2D eigenvalue weighted by atomic mass is 19.4. The Morgan fingerprint density at radius 2 is 1.80 bits per heavy atom. The Bertz CT molecular complexity index is 111. The molecule has 0 radical (unpaired) electrons. The molecule has 0 N–H and O–H groups in total. The number of hydrogen-bond acceptors (Lipinski definition) is 0. The lowest BCUT2D eigenvalue weighted by atomic mass is 10.1. The minimum atomic E-state index is -4.14. The molecule has 0 atom stereocenters. The maximum atomic E-state index is 11.4. The van der Waals surface area contributed by atoms with Crippen molar-refractivity contribution in [2.45, 2.75) is 26.4 Å². The van der Waals surface area contributed by atoms with Crippen LogP contribution in [0.15, 0.2) is 12.2 Å². The van der Waals surface area contributed by atoms with Crippen LogP contribution in [-0.2, 0) is 0 Å². The number of rotatable bonds is 2. The number of halogens is 3. The molecular formula is C7H11F3. The highest BCUT2D eigenvalue weighted by Crippen LogP contribution is 2.16. The van der Waals surface area contributed by atoms with Gasteiger partial charge in [0.1, 0.15) is 0 Å². The summed E-state index contributed by atoms with van der Waals surface area (Å²) < 4.78 is 34.3. The molecule has 10 heavy (non-hydrogen) atoms. The van der Waals surface area contributed by atoms with Crippen LogP contribution in [0.25, 0.3) is 0 Å². The number of allylic oxidation sites excluding steroid dienone is 2. The van der Waals surface area contributed by atoms with Crippen molar-refractivity contribution in [3.8, 4) is 0 Å². The van der Waals surface area contributed by atoms with Crippen LogP contribution < -0.4 is 0 Å². The first-order chi connectivity index (χ1) is 4.42. The van der Waals surface area contributed by atoms with Gasteiger partial charge in [-0.05, 0) is 12.3 Å². The SMILES string of the molecule is CC(C)C/C=C/C(F)(F)F. The molecule has 3 heteroatoms. The van der Waals surface area contributed by atoms with Crippen molar-refractivity contribution in [3.05, 3.63) is 12.2 Å². The van der Waals surface area contributed by atoms with E-state index in [2.05, 4.69) is 0 Å². The Morgan fingerprint density at radius 1 is 1.30 bits per heavy atom. The molecule has 0 saturated carbocycles. The van der Waals surface area contributed by atoms with Crippen molar-refractivity contribution in [2.24, 2.45) is 5.92 Å². The molecule has 0 rings (SSSR count). The van der Waals surface area contributed by atoms with E-state index >= 15 is 0 Å². The maximum Gasteiger partial charge on any atom is 0.409 e. The van der Waals surface area contributed by atoms with Gasteiger partial charge in [-0.1, -0.05) is 19.9 Å². The van der Waals surface area contributed by atoms with Crippen molar-refractivity contribution in [1.82, 2.24) is 0 Å². The monoisotopic (exact) mass is 152 g/mol. The zero-order chi connectivity index (χ0) is 8.20. The molecular weight excluding hydrogens is 141 g/mol. The fourth-order valence-corrected chi connectivity index (χ4v) is 0.474. The van der Waals surface area contributed by atoms with E-state index in [1.807, 2.05) is 13.8 Å². The summed E-state index contributed by atoms with van der Waals surface area (Å²) in [6, 6.07) is 0. The molecule has 0 aromatic rings. The summed E-state index contributed by atoms with van der Waals surface area (Å²) in [6.07, 6.45) is -2.22. The molecule has 0 aromatic heterocycles. The van der Waals surface area contributed by atoms with Crippen molar-refractivity contribution >= 4 is 0 Å². The molecule has 0 aliphatic carbocycles. The second-order valence-corrected chi connectivity index (χ2v) is 2.57. The summed E-state index contributed by atoms with van der Waals surface area (Å²) in [7, 11) is 0. The standard InChI is InChI=1S/C7H11F3/c1-6(2)4-3-5-7(8,9)10/h3,5-6H,4H2,1-2H3/b5-3+. The predicted molar refractivity (Wildman–Crippen MR) is 34.6 cm³/mol. The fraction of sp³-hybridized carbons (Fsp3) is 0.714. The van der Waals surface area contributed by atoms with Crippen LogP contribution in [0.1, 0.15) is 20.3 Å². The van der Waals surface area contributed by atoms with E-state index in [0.29, 0.717) is 12.3 Å². The van der Waals surface area contributed by atoms with Crippen LogP contribution in [0, 0.1) is 5.92 Å². The molecule has 0 aromatic carbocycles. The van der Waals surface area contributed by atoms with Gasteiger partial charge in [-0.15, -0.1) is 0 Å². The van der Waals surface area contributed by atoms with E-state index in [1.165, 1.54) is 0 Å². The van der Waals surface area contributed by atoms with Gasteiger partial charge in [0.25, 0.3) is 0 Å². The van der Waals surface area contributed by atoms with Crippen LogP contribution in [-0.4, -0.2) is 6.18 Å². The normalized spacial score (nSPS) is 13.4. The Morgan fingerprint density at radius 3 is 2.10 bits per heavy atom. The van der Waals surface area contributed by atoms with Crippen LogP contribution in [0.5, 0.6) is 0 Å². The maximum absolute atomic E-state index is 11.4. The molecule has 0 fully saturated rings. The number of hydrogen-bond donors (Lipinski definition) is 0. The molecule has 0 heterocycles. The summed E-state index contributed by atoms with van der Waals surface area (Å²) in [6.45, 7) is 3.75. The third-order valence-corrected chi connectivity index (χ3v) is 0.914. The molecule has 0 spiro atoms. The second-order valence-electron chi connectivity index (χ2n) is 2.57. The van der Waals surface area contributed by atoms with Gasteiger partial charge in [0.15, 0.2) is 0 Å². The van der Waals surface area contributed by atoms with Gasteiger partial charge in [-0.2, -0.15) is 13.2 Å². The first kappa shape index (κ1) is 9.53. The van der Waals surface area contributed by atoms with Crippen molar-refractivity contribution < 1.29 is 13.2 Å². The number of alkyl halides is 3. The van der Waals surface area contributed by atoms with E-state index in [0.717, 1.165) is 6.08 Å². The van der Waals surface area contributed by atoms with E-state index in [1.54, 1.807) is 0 Å². The van der Waals surface area contributed by atoms with Gasteiger partial charge in [0.05, 0.1) is 0 Å². The quantitative estimate of drug-likeness (QED) is 0.533. The molecule has 60 valence electrons. The lowest BCUT2D eigenvalue weighted by molar-refractivity contribution is -0.0800. The van der Waals surface area contributed by atoms with Gasteiger partial charge in [0, 0.05) is 6.08 Å². The van der Waals surface area contributed by atoms with Gasteiger partial charge in [-0.25, -0.2) is 0 Å². The lowest BCUT2D eigenvalue weighted by Crippen LogP contribution is -2.00. The molecule has 0 aliphatic rings. The predicted octanol–water partition coefficient (Wildman–Crippen LogP) is 3.15. The average molecular weight is 152 g/mol. The Hall–Kier alpha value is -0.470. The van der Waals surface area contributed by atoms with E-state index < -0.39 is 6.18 Å². The van der Waals surface area contributed by atoms with Crippen molar-refractivity contribution in [3.63, 3.8) is 0 Å². The summed E-state index contributed by atoms with van der Waals surface area (Å²) >= 11 is 0. The van der Waals surface area contributed by atoms with Gasteiger partial charge < -0.3 is 0 Å². The largest absolute Gasteiger partial charge is 0.409 e. The van der Waals surface area contributed by atoms with Gasteiger partial charge in [0.2, 0.25) is 0 Å². The third-order valence-electron chi connectivity index (χ3n) is 0.914. The topological polar surface area (TPSA) is 0 Å². The molecule has 0 saturated heterocycles. The van der Waals surface area contributed by atoms with Crippen LogP contribution in [0.4, 0.5) is 13.2 Å². The molecule has 0 amide bonds. The molecule has 0 nitrogen and oxygen atoms in total. The summed E-state index contributed by atoms with van der Waals surface area (Å²) in [4.78, 5) is 0. The van der Waals surface area contributed by atoms with Crippen LogP contribution >= 0.6 is 0 Å². The first-order valence-corrected chi connectivity index (χ1v) is 3.16. The van der Waals surface area contributed by atoms with Crippen LogP contribution in [0.3, 0.4) is 0 Å². The second kappa shape index (κ2) is 3.64. The third kappa shape index (κ3) is 7.53. The molecule has 0 unspecified atom stereocenters. The Balaban J connectivity index is 3.57. The van der Waals surface area contributed by atoms with E-state index in [-0.39, 0.29) is 6.08 Å². The first-order valence-electron chi connectivity index (χ1n) is 3.16. The van der Waals surface area contributed by atoms with E-state index in [9.17, 15) is 13.2 Å². The van der Waals surface area contributed by atoms with Crippen molar-refractivity contribution in [1.29, 1.82) is 0 Å². The summed E-state index contributed by atoms with van der Waals surface area (Å²) in [5.74, 6) is 0.290. The zero-order valence-corrected chi connectivity index (χ0v) is 6.07. The highest BCUT2D eigenvalue weighted by molar-refractivity contribution is 4.88. The molecule has 0 bridgehead atoms. The minimum Gasteiger partial charge on any atom is -0.167 e. The van der Waals surface area contributed by atoms with Gasteiger partial charge >= 0.3 is 6.18 Å². The average Bonchev–Trinajstić information content (AvgIpc) is 1.59. The summed E-state index contributed by atoms with van der Waals surface area (Å²) in [5.41, 5.74) is 0. The lowest BCUT2D eigenvalue weighted by Gasteiger charge is -1.99.